The molecule has 0 saturated heterocycles. The molecule has 1 aliphatic rings. The molecule has 5 nitrogen and oxygen atoms in total. The maximum Gasteiger partial charge on any atom is 0.265 e. The van der Waals surface area contributed by atoms with Gasteiger partial charge in [-0.3, -0.25) is 4.79 Å². The Labute approximate surface area is 115 Å². The summed E-state index contributed by atoms with van der Waals surface area (Å²) < 4.78 is 3.84. The van der Waals surface area contributed by atoms with E-state index >= 15 is 0 Å². The van der Waals surface area contributed by atoms with Crippen LogP contribution in [-0.2, 0) is 0 Å². The molecule has 1 atom stereocenters. The summed E-state index contributed by atoms with van der Waals surface area (Å²) in [5, 5.41) is 6.89. The van der Waals surface area contributed by atoms with Crippen molar-refractivity contribution in [3.63, 3.8) is 0 Å². The Balaban J connectivity index is 2.11. The van der Waals surface area contributed by atoms with Gasteiger partial charge in [0.1, 0.15) is 4.88 Å². The summed E-state index contributed by atoms with van der Waals surface area (Å²) in [6, 6.07) is -0.199. The van der Waals surface area contributed by atoms with E-state index in [4.69, 9.17) is 18.0 Å². The van der Waals surface area contributed by atoms with Crippen molar-refractivity contribution in [2.24, 2.45) is 11.7 Å². The topological polar surface area (TPSA) is 80.9 Å². The number of amides is 1. The van der Waals surface area contributed by atoms with Crippen molar-refractivity contribution in [1.82, 2.24) is 14.9 Å². The lowest BCUT2D eigenvalue weighted by atomic mass is 10.1. The number of hydrogen-bond donors (Lipinski definition) is 2. The van der Waals surface area contributed by atoms with Gasteiger partial charge >= 0.3 is 0 Å². The quantitative estimate of drug-likeness (QED) is 0.800. The van der Waals surface area contributed by atoms with Gasteiger partial charge in [-0.15, -0.1) is 5.10 Å². The standard InChI is InChI=1S/C11H16N4OS2/c1-5(2)7-9(18-15-14-7)11(16)13-8(10(12)17)6-3-4-6/h5-6,8H,3-4H2,1-2H3,(H2,12,17)(H,13,16). The molecular formula is C11H16N4OS2. The van der Waals surface area contributed by atoms with E-state index in [1.807, 2.05) is 13.8 Å². The lowest BCUT2D eigenvalue weighted by Crippen LogP contribution is -2.45. The molecule has 0 spiro atoms. The zero-order valence-electron chi connectivity index (χ0n) is 10.3. The maximum absolute atomic E-state index is 12.2. The van der Waals surface area contributed by atoms with Crippen LogP contribution in [0.25, 0.3) is 0 Å². The molecule has 0 bridgehead atoms. The lowest BCUT2D eigenvalue weighted by Gasteiger charge is -2.16. The first kappa shape index (κ1) is 13.4. The normalized spacial score (nSPS) is 16.6. The number of rotatable bonds is 5. The van der Waals surface area contributed by atoms with Crippen LogP contribution in [0.2, 0.25) is 0 Å². The number of aromatic nitrogens is 2. The molecule has 1 fully saturated rings. The van der Waals surface area contributed by atoms with E-state index in [9.17, 15) is 4.79 Å². The number of nitrogens with two attached hydrogens (primary N) is 1. The monoisotopic (exact) mass is 284 g/mol. The van der Waals surface area contributed by atoms with Crippen molar-refractivity contribution < 1.29 is 4.79 Å². The van der Waals surface area contributed by atoms with Crippen LogP contribution in [0.5, 0.6) is 0 Å². The van der Waals surface area contributed by atoms with Crippen molar-refractivity contribution in [1.29, 1.82) is 0 Å². The average Bonchev–Trinajstić information content (AvgIpc) is 3.00. The number of nitrogens with zero attached hydrogens (tertiary/aromatic N) is 2. The largest absolute Gasteiger partial charge is 0.392 e. The second kappa shape index (κ2) is 5.27. The van der Waals surface area contributed by atoms with Crippen LogP contribution >= 0.6 is 23.8 Å². The molecule has 1 aromatic rings. The second-order valence-electron chi connectivity index (χ2n) is 4.83. The number of carbonyl (C=O) groups excluding carboxylic acids is 1. The van der Waals surface area contributed by atoms with E-state index < -0.39 is 0 Å². The van der Waals surface area contributed by atoms with Crippen LogP contribution in [0.4, 0.5) is 0 Å². The van der Waals surface area contributed by atoms with Gasteiger partial charge < -0.3 is 11.1 Å². The molecule has 98 valence electrons. The van der Waals surface area contributed by atoms with E-state index in [-0.39, 0.29) is 17.9 Å². The summed E-state index contributed by atoms with van der Waals surface area (Å²) in [5.41, 5.74) is 6.40. The van der Waals surface area contributed by atoms with Gasteiger partial charge in [-0.2, -0.15) is 0 Å². The van der Waals surface area contributed by atoms with Gasteiger partial charge in [-0.05, 0) is 36.2 Å². The number of carbonyl (C=O) groups is 1. The van der Waals surface area contributed by atoms with E-state index in [1.165, 1.54) is 0 Å². The Hall–Kier alpha value is -1.08. The van der Waals surface area contributed by atoms with Gasteiger partial charge in [0.2, 0.25) is 0 Å². The Kier molecular flexibility index (Phi) is 3.91. The van der Waals surface area contributed by atoms with Gasteiger partial charge in [0.25, 0.3) is 5.91 Å². The van der Waals surface area contributed by atoms with Crippen LogP contribution in [0.3, 0.4) is 0 Å². The van der Waals surface area contributed by atoms with Crippen molar-refractivity contribution >= 4 is 34.6 Å². The Morgan fingerprint density at radius 1 is 1.56 bits per heavy atom. The van der Waals surface area contributed by atoms with E-state index in [2.05, 4.69) is 14.9 Å². The maximum atomic E-state index is 12.2. The van der Waals surface area contributed by atoms with Crippen LogP contribution in [0.15, 0.2) is 0 Å². The first-order valence-electron chi connectivity index (χ1n) is 5.93. The SMILES string of the molecule is CC(C)c1nnsc1C(=O)NC(C(N)=S)C1CC1. The molecule has 1 saturated carbocycles. The van der Waals surface area contributed by atoms with Gasteiger partial charge in [-0.25, -0.2) is 0 Å². The molecule has 1 amide bonds. The first-order chi connectivity index (χ1) is 8.50. The van der Waals surface area contributed by atoms with Gasteiger partial charge in [0, 0.05) is 0 Å². The fraction of sp³-hybridized carbons (Fsp3) is 0.636. The molecule has 1 heterocycles. The Bertz CT molecular complexity index is 467. The Morgan fingerprint density at radius 3 is 2.72 bits per heavy atom. The molecule has 0 radical (unpaired) electrons. The van der Waals surface area contributed by atoms with Gasteiger partial charge in [0.05, 0.1) is 16.7 Å². The van der Waals surface area contributed by atoms with E-state index in [1.54, 1.807) is 0 Å². The molecule has 2 rings (SSSR count). The average molecular weight is 284 g/mol. The minimum absolute atomic E-state index is 0.168. The highest BCUT2D eigenvalue weighted by atomic mass is 32.1. The van der Waals surface area contributed by atoms with Gasteiger partial charge in [-0.1, -0.05) is 30.6 Å². The van der Waals surface area contributed by atoms with Crippen molar-refractivity contribution in [2.75, 3.05) is 0 Å². The summed E-state index contributed by atoms with van der Waals surface area (Å²) in [6.07, 6.45) is 2.14. The molecule has 0 aromatic carbocycles. The van der Waals surface area contributed by atoms with E-state index in [0.29, 0.717) is 15.8 Å². The summed E-state index contributed by atoms with van der Waals surface area (Å²) in [5.74, 6) is 0.405. The highest BCUT2D eigenvalue weighted by Crippen LogP contribution is 2.33. The summed E-state index contributed by atoms with van der Waals surface area (Å²) in [4.78, 5) is 13.1. The first-order valence-corrected chi connectivity index (χ1v) is 7.11. The number of thiocarbonyl (C=S) groups is 1. The third kappa shape index (κ3) is 2.84. The van der Waals surface area contributed by atoms with Crippen molar-refractivity contribution in [3.05, 3.63) is 10.6 Å². The Morgan fingerprint density at radius 2 is 2.22 bits per heavy atom. The second-order valence-corrected chi connectivity index (χ2v) is 6.06. The molecular weight excluding hydrogens is 268 g/mol. The molecule has 7 heteroatoms. The van der Waals surface area contributed by atoms with Gasteiger partial charge in [0.15, 0.2) is 0 Å². The summed E-state index contributed by atoms with van der Waals surface area (Å²) in [6.45, 7) is 3.97. The minimum Gasteiger partial charge on any atom is -0.392 e. The minimum atomic E-state index is -0.199. The van der Waals surface area contributed by atoms with Crippen LogP contribution in [0.1, 0.15) is 48.0 Å². The predicted octanol–water partition coefficient (Wildman–Crippen LogP) is 1.46. The molecule has 1 aliphatic carbocycles. The fourth-order valence-electron chi connectivity index (χ4n) is 1.79. The zero-order chi connectivity index (χ0) is 13.3. The van der Waals surface area contributed by atoms with Crippen LogP contribution in [0, 0.1) is 5.92 Å². The molecule has 3 N–H and O–H groups in total. The third-order valence-corrected chi connectivity index (χ3v) is 3.95. The number of hydrogen-bond acceptors (Lipinski definition) is 5. The number of nitrogens with one attached hydrogen (secondary N) is 1. The molecule has 1 unspecified atom stereocenters. The molecule has 0 aliphatic heterocycles. The lowest BCUT2D eigenvalue weighted by molar-refractivity contribution is 0.0946. The van der Waals surface area contributed by atoms with Crippen LogP contribution in [-0.4, -0.2) is 26.5 Å². The van der Waals surface area contributed by atoms with E-state index in [0.717, 1.165) is 30.1 Å². The molecule has 18 heavy (non-hydrogen) atoms. The third-order valence-electron chi connectivity index (χ3n) is 2.95. The highest BCUT2D eigenvalue weighted by Gasteiger charge is 2.35. The van der Waals surface area contributed by atoms with Crippen molar-refractivity contribution in [2.45, 2.75) is 38.6 Å². The fourth-order valence-corrected chi connectivity index (χ4v) is 2.76. The summed E-state index contributed by atoms with van der Waals surface area (Å²) >= 11 is 6.12. The smallest absolute Gasteiger partial charge is 0.265 e. The highest BCUT2D eigenvalue weighted by molar-refractivity contribution is 7.80. The summed E-state index contributed by atoms with van der Waals surface area (Å²) in [7, 11) is 0. The van der Waals surface area contributed by atoms with Crippen LogP contribution < -0.4 is 11.1 Å². The zero-order valence-corrected chi connectivity index (χ0v) is 12.0. The van der Waals surface area contributed by atoms with Crippen molar-refractivity contribution in [3.8, 4) is 0 Å². The predicted molar refractivity (Wildman–Crippen MR) is 74.8 cm³/mol. The molecule has 1 aromatic heterocycles.